The monoisotopic (exact) mass is 407 g/mol. The highest BCUT2D eigenvalue weighted by molar-refractivity contribution is 6.28. The topological polar surface area (TPSA) is 146 Å². The zero-order valence-corrected chi connectivity index (χ0v) is 15.2. The molecule has 0 radical (unpaired) electrons. The number of nitrogens with one attached hydrogen (secondary N) is 1. The maximum atomic E-state index is 10.3. The predicted molar refractivity (Wildman–Crippen MR) is 98.8 cm³/mol. The fraction of sp³-hybridized carbons (Fsp3) is 0.353. The number of para-hydroxylation sites is 1. The van der Waals surface area contributed by atoms with Crippen LogP contribution in [0.25, 0.3) is 11.2 Å². The van der Waals surface area contributed by atoms with Crippen molar-refractivity contribution in [2.45, 2.75) is 31.1 Å². The molecule has 10 nitrogen and oxygen atoms in total. The van der Waals surface area contributed by atoms with Crippen LogP contribution in [0.5, 0.6) is 5.75 Å². The van der Waals surface area contributed by atoms with Gasteiger partial charge in [0.2, 0.25) is 5.28 Å². The van der Waals surface area contributed by atoms with Crippen molar-refractivity contribution < 1.29 is 25.2 Å². The van der Waals surface area contributed by atoms with E-state index in [2.05, 4.69) is 20.3 Å². The van der Waals surface area contributed by atoms with Crippen molar-refractivity contribution in [3.63, 3.8) is 0 Å². The number of phenolic OH excluding ortho intramolecular Hbond substituents is 1. The Bertz CT molecular complexity index is 999. The van der Waals surface area contributed by atoms with Crippen LogP contribution in [0.15, 0.2) is 30.6 Å². The van der Waals surface area contributed by atoms with E-state index < -0.39 is 31.1 Å². The largest absolute Gasteiger partial charge is 0.508 e. The van der Waals surface area contributed by atoms with Gasteiger partial charge in [0.1, 0.15) is 24.1 Å². The number of aliphatic hydroxyl groups is 3. The summed E-state index contributed by atoms with van der Waals surface area (Å²) in [5, 5.41) is 42.4. The van der Waals surface area contributed by atoms with Gasteiger partial charge >= 0.3 is 0 Å². The first-order chi connectivity index (χ1) is 13.5. The number of fused-ring (bicyclic) bond motifs is 1. The molecule has 0 unspecified atom stereocenters. The molecule has 0 bridgehead atoms. The summed E-state index contributed by atoms with van der Waals surface area (Å²) < 4.78 is 6.96. The SMILES string of the molecule is OC[C@H]1O[C@@H](n2cnc3c(NCc4ccccc4O)nc(Cl)nc32)[C@H](O)[C@@H]1O. The molecule has 0 saturated carbocycles. The number of hydrogen-bond acceptors (Lipinski definition) is 9. The number of rotatable bonds is 5. The van der Waals surface area contributed by atoms with Crippen LogP contribution in [0.4, 0.5) is 5.82 Å². The van der Waals surface area contributed by atoms with Crippen LogP contribution in [-0.4, -0.2) is 64.9 Å². The van der Waals surface area contributed by atoms with E-state index in [4.69, 9.17) is 16.3 Å². The number of aromatic nitrogens is 4. The van der Waals surface area contributed by atoms with Crippen LogP contribution in [0.3, 0.4) is 0 Å². The van der Waals surface area contributed by atoms with Crippen molar-refractivity contribution in [1.29, 1.82) is 0 Å². The average molecular weight is 408 g/mol. The maximum absolute atomic E-state index is 10.3. The van der Waals surface area contributed by atoms with E-state index in [1.54, 1.807) is 24.3 Å². The average Bonchev–Trinajstić information content (AvgIpc) is 3.22. The van der Waals surface area contributed by atoms with Gasteiger partial charge in [-0.15, -0.1) is 0 Å². The Hall–Kier alpha value is -2.50. The molecule has 3 heterocycles. The molecular formula is C17H18ClN5O5. The number of aromatic hydroxyl groups is 1. The van der Waals surface area contributed by atoms with Gasteiger partial charge in [-0.3, -0.25) is 4.57 Å². The van der Waals surface area contributed by atoms with E-state index in [9.17, 15) is 20.4 Å². The van der Waals surface area contributed by atoms with Crippen LogP contribution >= 0.6 is 11.6 Å². The first-order valence-corrected chi connectivity index (χ1v) is 8.90. The third-order valence-electron chi connectivity index (χ3n) is 4.62. The second kappa shape index (κ2) is 7.49. The van der Waals surface area contributed by atoms with Gasteiger partial charge in [-0.1, -0.05) is 18.2 Å². The molecule has 0 aliphatic carbocycles. The quantitative estimate of drug-likeness (QED) is 0.379. The fourth-order valence-corrected chi connectivity index (χ4v) is 3.31. The van der Waals surface area contributed by atoms with Gasteiger partial charge in [0.05, 0.1) is 12.9 Å². The zero-order valence-electron chi connectivity index (χ0n) is 14.5. The summed E-state index contributed by atoms with van der Waals surface area (Å²) in [6, 6.07) is 6.87. The highest BCUT2D eigenvalue weighted by atomic mass is 35.5. The molecule has 11 heteroatoms. The number of anilines is 1. The molecule has 4 rings (SSSR count). The number of aliphatic hydroxyl groups excluding tert-OH is 3. The summed E-state index contributed by atoms with van der Waals surface area (Å²) in [5.74, 6) is 0.479. The molecule has 1 aromatic carbocycles. The fourth-order valence-electron chi connectivity index (χ4n) is 3.15. The van der Waals surface area contributed by atoms with E-state index in [0.29, 0.717) is 16.9 Å². The van der Waals surface area contributed by atoms with Crippen LogP contribution in [-0.2, 0) is 11.3 Å². The molecule has 0 amide bonds. The van der Waals surface area contributed by atoms with E-state index in [0.717, 1.165) is 0 Å². The van der Waals surface area contributed by atoms with Crippen LogP contribution in [0, 0.1) is 0 Å². The van der Waals surface area contributed by atoms with E-state index in [1.807, 2.05) is 0 Å². The van der Waals surface area contributed by atoms with Crippen molar-refractivity contribution in [3.8, 4) is 5.75 Å². The van der Waals surface area contributed by atoms with Gasteiger partial charge in [0, 0.05) is 12.1 Å². The Kier molecular flexibility index (Phi) is 5.04. The molecule has 148 valence electrons. The van der Waals surface area contributed by atoms with Crippen molar-refractivity contribution >= 4 is 28.6 Å². The lowest BCUT2D eigenvalue weighted by Crippen LogP contribution is -2.33. The molecule has 0 spiro atoms. The lowest BCUT2D eigenvalue weighted by molar-refractivity contribution is -0.0511. The van der Waals surface area contributed by atoms with E-state index in [-0.39, 0.29) is 23.2 Å². The number of imidazole rings is 1. The summed E-state index contributed by atoms with van der Waals surface area (Å²) in [6.07, 6.45) is -3.05. The standard InChI is InChI=1S/C17H18ClN5O5/c18-17-21-14(19-5-8-3-1-2-4-9(8)25)11-15(22-17)23(7-20-11)16-13(27)12(26)10(6-24)28-16/h1-4,7,10,12-13,16,24-27H,5-6H2,(H,19,21,22)/t10-,12-,13-,16-/m1/s1. The van der Waals surface area contributed by atoms with Gasteiger partial charge in [-0.2, -0.15) is 9.97 Å². The molecule has 28 heavy (non-hydrogen) atoms. The third kappa shape index (κ3) is 3.25. The second-order valence-electron chi connectivity index (χ2n) is 6.38. The molecule has 1 aliphatic heterocycles. The van der Waals surface area contributed by atoms with Gasteiger partial charge in [0.25, 0.3) is 0 Å². The van der Waals surface area contributed by atoms with Gasteiger partial charge in [-0.05, 0) is 17.7 Å². The minimum atomic E-state index is -1.28. The number of hydrogen-bond donors (Lipinski definition) is 5. The number of halogens is 1. The van der Waals surface area contributed by atoms with Crippen LogP contribution < -0.4 is 5.32 Å². The Morgan fingerprint density at radius 1 is 1.18 bits per heavy atom. The normalized spacial score (nSPS) is 24.7. The minimum Gasteiger partial charge on any atom is -0.508 e. The predicted octanol–water partition coefficient (Wildman–Crippen LogP) is 0.409. The smallest absolute Gasteiger partial charge is 0.226 e. The van der Waals surface area contributed by atoms with Crippen LogP contribution in [0.1, 0.15) is 11.8 Å². The Morgan fingerprint density at radius 3 is 2.68 bits per heavy atom. The highest BCUT2D eigenvalue weighted by Gasteiger charge is 2.44. The zero-order chi connectivity index (χ0) is 19.8. The molecule has 4 atom stereocenters. The maximum Gasteiger partial charge on any atom is 0.226 e. The minimum absolute atomic E-state index is 0.0548. The number of phenols is 1. The number of ether oxygens (including phenoxy) is 1. The van der Waals surface area contributed by atoms with Gasteiger partial charge in [-0.25, -0.2) is 4.98 Å². The van der Waals surface area contributed by atoms with Gasteiger partial charge < -0.3 is 30.5 Å². The lowest BCUT2D eigenvalue weighted by atomic mass is 10.1. The Balaban J connectivity index is 1.66. The Labute approximate surface area is 164 Å². The van der Waals surface area contributed by atoms with E-state index >= 15 is 0 Å². The molecule has 2 aromatic heterocycles. The molecule has 3 aromatic rings. The lowest BCUT2D eigenvalue weighted by Gasteiger charge is -2.16. The molecule has 1 fully saturated rings. The summed E-state index contributed by atoms with van der Waals surface area (Å²) in [6.45, 7) is -0.166. The summed E-state index contributed by atoms with van der Waals surface area (Å²) in [7, 11) is 0. The second-order valence-corrected chi connectivity index (χ2v) is 6.71. The Morgan fingerprint density at radius 2 is 1.96 bits per heavy atom. The number of nitrogens with zero attached hydrogens (tertiary/aromatic N) is 4. The van der Waals surface area contributed by atoms with E-state index in [1.165, 1.54) is 10.9 Å². The molecule has 1 aliphatic rings. The number of benzene rings is 1. The first-order valence-electron chi connectivity index (χ1n) is 8.53. The van der Waals surface area contributed by atoms with Crippen molar-refractivity contribution in [1.82, 2.24) is 19.5 Å². The van der Waals surface area contributed by atoms with Crippen molar-refractivity contribution in [2.75, 3.05) is 11.9 Å². The molecule has 5 N–H and O–H groups in total. The summed E-state index contributed by atoms with van der Waals surface area (Å²) >= 11 is 6.05. The molecular weight excluding hydrogens is 390 g/mol. The van der Waals surface area contributed by atoms with Crippen LogP contribution in [0.2, 0.25) is 5.28 Å². The van der Waals surface area contributed by atoms with Gasteiger partial charge in [0.15, 0.2) is 23.2 Å². The third-order valence-corrected chi connectivity index (χ3v) is 4.79. The summed E-state index contributed by atoms with van der Waals surface area (Å²) in [5.41, 5.74) is 1.32. The highest BCUT2D eigenvalue weighted by Crippen LogP contribution is 2.33. The first kappa shape index (κ1) is 18.8. The van der Waals surface area contributed by atoms with Crippen molar-refractivity contribution in [2.24, 2.45) is 0 Å². The van der Waals surface area contributed by atoms with Crippen molar-refractivity contribution in [3.05, 3.63) is 41.4 Å². The molecule has 1 saturated heterocycles. The summed E-state index contributed by atoms with van der Waals surface area (Å²) in [4.78, 5) is 12.6.